The molecular formula is C19H23ClN2S. The highest BCUT2D eigenvalue weighted by Crippen LogP contribution is 2.49. The maximum atomic E-state index is 6.29. The summed E-state index contributed by atoms with van der Waals surface area (Å²) in [6, 6.07) is 15.2. The van der Waals surface area contributed by atoms with Gasteiger partial charge in [0.05, 0.1) is 11.4 Å². The summed E-state index contributed by atoms with van der Waals surface area (Å²) in [6.07, 6.45) is 0. The SMILES string of the molecule is CCN(CC)C[C@@H](C)N1c2ccccc2Sc2ccc(Cl)cc21. The lowest BCUT2D eigenvalue weighted by Crippen LogP contribution is -2.41. The van der Waals surface area contributed by atoms with Gasteiger partial charge in [0, 0.05) is 27.4 Å². The molecule has 0 spiro atoms. The number of para-hydroxylation sites is 1. The lowest BCUT2D eigenvalue weighted by Gasteiger charge is -2.39. The van der Waals surface area contributed by atoms with Gasteiger partial charge < -0.3 is 9.80 Å². The molecule has 23 heavy (non-hydrogen) atoms. The van der Waals surface area contributed by atoms with Crippen molar-refractivity contribution in [1.82, 2.24) is 4.90 Å². The normalized spacial score (nSPS) is 14.6. The minimum absolute atomic E-state index is 0.383. The summed E-state index contributed by atoms with van der Waals surface area (Å²) < 4.78 is 0. The predicted octanol–water partition coefficient (Wildman–Crippen LogP) is 5.67. The molecule has 0 saturated heterocycles. The Morgan fingerprint density at radius 2 is 1.74 bits per heavy atom. The van der Waals surface area contributed by atoms with Gasteiger partial charge in [0.25, 0.3) is 0 Å². The van der Waals surface area contributed by atoms with Crippen LogP contribution in [0.4, 0.5) is 11.4 Å². The van der Waals surface area contributed by atoms with Crippen LogP contribution in [0.2, 0.25) is 5.02 Å². The van der Waals surface area contributed by atoms with Gasteiger partial charge in [-0.2, -0.15) is 0 Å². The van der Waals surface area contributed by atoms with Crippen molar-refractivity contribution in [3.8, 4) is 0 Å². The van der Waals surface area contributed by atoms with Gasteiger partial charge in [0.15, 0.2) is 0 Å². The predicted molar refractivity (Wildman–Crippen MR) is 101 cm³/mol. The standard InChI is InChI=1S/C19H23ClN2S/c1-4-21(5-2)13-14(3)22-16-8-6-7-9-18(16)23-19-11-10-15(20)12-17(19)22/h6-12,14H,4-5,13H2,1-3H3/t14-/m1/s1. The van der Waals surface area contributed by atoms with Gasteiger partial charge in [0.1, 0.15) is 0 Å². The van der Waals surface area contributed by atoms with Crippen LogP contribution in [0, 0.1) is 0 Å². The number of benzene rings is 2. The molecule has 4 heteroatoms. The number of hydrogen-bond acceptors (Lipinski definition) is 3. The zero-order valence-electron chi connectivity index (χ0n) is 13.9. The van der Waals surface area contributed by atoms with E-state index in [1.165, 1.54) is 21.2 Å². The van der Waals surface area contributed by atoms with E-state index in [9.17, 15) is 0 Å². The van der Waals surface area contributed by atoms with E-state index >= 15 is 0 Å². The van der Waals surface area contributed by atoms with Crippen LogP contribution in [-0.4, -0.2) is 30.6 Å². The third-order valence-corrected chi connectivity index (χ3v) is 5.75. The monoisotopic (exact) mass is 346 g/mol. The molecule has 0 aliphatic carbocycles. The second-order valence-corrected chi connectivity index (χ2v) is 7.41. The molecule has 2 aromatic rings. The molecule has 0 fully saturated rings. The molecule has 0 unspecified atom stereocenters. The van der Waals surface area contributed by atoms with E-state index in [0.717, 1.165) is 24.7 Å². The maximum Gasteiger partial charge on any atom is 0.0570 e. The van der Waals surface area contributed by atoms with Crippen molar-refractivity contribution in [1.29, 1.82) is 0 Å². The summed E-state index contributed by atoms with van der Waals surface area (Å²) >= 11 is 8.12. The van der Waals surface area contributed by atoms with Gasteiger partial charge in [0.2, 0.25) is 0 Å². The van der Waals surface area contributed by atoms with Crippen molar-refractivity contribution in [2.75, 3.05) is 24.5 Å². The molecule has 1 aliphatic heterocycles. The topological polar surface area (TPSA) is 6.48 Å². The van der Waals surface area contributed by atoms with Crippen LogP contribution in [0.5, 0.6) is 0 Å². The largest absolute Gasteiger partial charge is 0.335 e. The Morgan fingerprint density at radius 3 is 2.48 bits per heavy atom. The average molecular weight is 347 g/mol. The summed E-state index contributed by atoms with van der Waals surface area (Å²) in [5.41, 5.74) is 2.51. The molecule has 2 aromatic carbocycles. The van der Waals surface area contributed by atoms with Gasteiger partial charge in [-0.25, -0.2) is 0 Å². The van der Waals surface area contributed by atoms with Crippen LogP contribution in [-0.2, 0) is 0 Å². The first kappa shape index (κ1) is 16.7. The summed E-state index contributed by atoms with van der Waals surface area (Å²) in [5.74, 6) is 0. The first-order valence-electron chi connectivity index (χ1n) is 8.22. The zero-order chi connectivity index (χ0) is 16.4. The van der Waals surface area contributed by atoms with E-state index in [2.05, 4.69) is 67.0 Å². The van der Waals surface area contributed by atoms with Crippen molar-refractivity contribution in [3.63, 3.8) is 0 Å². The number of hydrogen-bond donors (Lipinski definition) is 0. The third kappa shape index (κ3) is 3.37. The van der Waals surface area contributed by atoms with E-state index in [1.54, 1.807) is 0 Å². The van der Waals surface area contributed by atoms with E-state index in [-0.39, 0.29) is 0 Å². The molecule has 122 valence electrons. The van der Waals surface area contributed by atoms with Crippen molar-refractivity contribution < 1.29 is 0 Å². The van der Waals surface area contributed by atoms with Crippen LogP contribution < -0.4 is 4.90 Å². The third-order valence-electron chi connectivity index (χ3n) is 4.38. The van der Waals surface area contributed by atoms with Gasteiger partial charge in [-0.15, -0.1) is 0 Å². The Morgan fingerprint density at radius 1 is 1.04 bits per heavy atom. The lowest BCUT2D eigenvalue weighted by atomic mass is 10.1. The molecule has 0 bridgehead atoms. The lowest BCUT2D eigenvalue weighted by molar-refractivity contribution is 0.288. The fourth-order valence-corrected chi connectivity index (χ4v) is 4.39. The highest BCUT2D eigenvalue weighted by Gasteiger charge is 2.27. The van der Waals surface area contributed by atoms with Crippen LogP contribution in [0.3, 0.4) is 0 Å². The fourth-order valence-electron chi connectivity index (χ4n) is 3.17. The Bertz CT molecular complexity index is 685. The molecule has 1 aliphatic rings. The number of nitrogens with zero attached hydrogens (tertiary/aromatic N) is 2. The quantitative estimate of drug-likeness (QED) is 0.688. The summed E-state index contributed by atoms with van der Waals surface area (Å²) in [4.78, 5) is 7.51. The minimum atomic E-state index is 0.383. The Labute approximate surface area is 148 Å². The Kier molecular flexibility index (Phi) is 5.20. The molecule has 3 rings (SSSR count). The molecule has 0 aromatic heterocycles. The van der Waals surface area contributed by atoms with Gasteiger partial charge in [-0.3, -0.25) is 0 Å². The van der Waals surface area contributed by atoms with Crippen molar-refractivity contribution >= 4 is 34.7 Å². The molecule has 0 amide bonds. The molecule has 0 saturated carbocycles. The van der Waals surface area contributed by atoms with Crippen molar-refractivity contribution in [3.05, 3.63) is 47.5 Å². The van der Waals surface area contributed by atoms with E-state index < -0.39 is 0 Å². The highest BCUT2D eigenvalue weighted by atomic mass is 35.5. The molecular weight excluding hydrogens is 324 g/mol. The van der Waals surface area contributed by atoms with Crippen molar-refractivity contribution in [2.45, 2.75) is 36.6 Å². The maximum absolute atomic E-state index is 6.29. The number of anilines is 2. The smallest absolute Gasteiger partial charge is 0.0570 e. The molecule has 2 nitrogen and oxygen atoms in total. The fraction of sp³-hybridized carbons (Fsp3) is 0.368. The van der Waals surface area contributed by atoms with Gasteiger partial charge in [-0.05, 0) is 50.3 Å². The number of halogens is 1. The molecule has 0 N–H and O–H groups in total. The van der Waals surface area contributed by atoms with E-state index in [4.69, 9.17) is 11.6 Å². The van der Waals surface area contributed by atoms with Gasteiger partial charge >= 0.3 is 0 Å². The van der Waals surface area contributed by atoms with E-state index in [1.807, 2.05) is 17.8 Å². The van der Waals surface area contributed by atoms with Crippen LogP contribution in [0.15, 0.2) is 52.3 Å². The van der Waals surface area contributed by atoms with Gasteiger partial charge in [-0.1, -0.05) is 49.3 Å². The van der Waals surface area contributed by atoms with Crippen LogP contribution in [0.25, 0.3) is 0 Å². The van der Waals surface area contributed by atoms with Crippen LogP contribution in [0.1, 0.15) is 20.8 Å². The summed E-state index contributed by atoms with van der Waals surface area (Å²) in [7, 11) is 0. The number of likely N-dealkylation sites (N-methyl/N-ethyl adjacent to an activating group) is 1. The average Bonchev–Trinajstić information content (AvgIpc) is 2.57. The number of rotatable bonds is 5. The second kappa shape index (κ2) is 7.16. The Balaban J connectivity index is 2.02. The second-order valence-electron chi connectivity index (χ2n) is 5.89. The first-order chi connectivity index (χ1) is 11.1. The summed E-state index contributed by atoms with van der Waals surface area (Å²) in [6.45, 7) is 9.94. The molecule has 0 radical (unpaired) electrons. The number of fused-ring (bicyclic) bond motifs is 2. The zero-order valence-corrected chi connectivity index (χ0v) is 15.5. The highest BCUT2D eigenvalue weighted by molar-refractivity contribution is 7.99. The van der Waals surface area contributed by atoms with Crippen LogP contribution >= 0.6 is 23.4 Å². The molecule has 1 atom stereocenters. The minimum Gasteiger partial charge on any atom is -0.335 e. The van der Waals surface area contributed by atoms with Crippen molar-refractivity contribution in [2.24, 2.45) is 0 Å². The molecule has 1 heterocycles. The van der Waals surface area contributed by atoms with E-state index in [0.29, 0.717) is 6.04 Å². The summed E-state index contributed by atoms with van der Waals surface area (Å²) in [5, 5.41) is 0.795. The Hall–Kier alpha value is -1.16. The first-order valence-corrected chi connectivity index (χ1v) is 9.41.